The molecule has 1 N–H and O–H groups in total. The fraction of sp³-hybridized carbons (Fsp3) is 0.750. The minimum absolute atomic E-state index is 0.512. The lowest BCUT2D eigenvalue weighted by Crippen LogP contribution is -2.25. The van der Waals surface area contributed by atoms with E-state index in [1.54, 1.807) is 0 Å². The van der Waals surface area contributed by atoms with E-state index in [-0.39, 0.29) is 0 Å². The summed E-state index contributed by atoms with van der Waals surface area (Å²) in [6.07, 6.45) is 8.65. The normalized spacial score (nSPS) is 19.7. The lowest BCUT2D eigenvalue weighted by Gasteiger charge is -2.19. The van der Waals surface area contributed by atoms with Crippen molar-refractivity contribution >= 4 is 11.3 Å². The topological polar surface area (TPSA) is 12.0 Å². The maximum atomic E-state index is 3.76. The third kappa shape index (κ3) is 3.83. The van der Waals surface area contributed by atoms with Crippen molar-refractivity contribution in [3.8, 4) is 0 Å². The molecule has 1 unspecified atom stereocenters. The first-order chi connectivity index (χ1) is 8.66. The molecule has 0 amide bonds. The van der Waals surface area contributed by atoms with Gasteiger partial charge in [-0.2, -0.15) is 0 Å². The molecule has 1 aromatic rings. The Balaban J connectivity index is 1.83. The number of hydrogen-bond acceptors (Lipinski definition) is 2. The molecule has 1 saturated carbocycles. The second kappa shape index (κ2) is 6.72. The van der Waals surface area contributed by atoms with E-state index in [2.05, 4.69) is 32.2 Å². The molecule has 0 aromatic carbocycles. The maximum absolute atomic E-state index is 3.76. The van der Waals surface area contributed by atoms with Crippen LogP contribution in [0, 0.1) is 19.8 Å². The molecule has 0 spiro atoms. The first kappa shape index (κ1) is 14.1. The highest BCUT2D eigenvalue weighted by Gasteiger charge is 2.15. The molecule has 1 atom stereocenters. The number of rotatable bonds is 4. The summed E-state index contributed by atoms with van der Waals surface area (Å²) in [4.78, 5) is 2.92. The van der Waals surface area contributed by atoms with Crippen LogP contribution in [0.4, 0.5) is 0 Å². The molecule has 0 aliphatic heterocycles. The van der Waals surface area contributed by atoms with Gasteiger partial charge in [0.05, 0.1) is 0 Å². The molecule has 2 rings (SSSR count). The summed E-state index contributed by atoms with van der Waals surface area (Å²) in [7, 11) is 0. The molecule has 2 heteroatoms. The third-order valence-electron chi connectivity index (χ3n) is 4.23. The first-order valence-electron chi connectivity index (χ1n) is 7.47. The zero-order chi connectivity index (χ0) is 13.0. The fourth-order valence-corrected chi connectivity index (χ4v) is 4.12. The van der Waals surface area contributed by atoms with Gasteiger partial charge >= 0.3 is 0 Å². The Morgan fingerprint density at radius 2 is 1.89 bits per heavy atom. The van der Waals surface area contributed by atoms with Crippen LogP contribution in [0.5, 0.6) is 0 Å². The summed E-state index contributed by atoms with van der Waals surface area (Å²) >= 11 is 1.92. The predicted octanol–water partition coefficient (Wildman–Crippen LogP) is 4.99. The molecule has 1 fully saturated rings. The van der Waals surface area contributed by atoms with Gasteiger partial charge in [0.1, 0.15) is 0 Å². The summed E-state index contributed by atoms with van der Waals surface area (Å²) in [5.74, 6) is 0.912. The largest absolute Gasteiger partial charge is 0.310 e. The minimum atomic E-state index is 0.512. The van der Waals surface area contributed by atoms with Crippen LogP contribution in [0.15, 0.2) is 6.07 Å². The second-order valence-electron chi connectivity index (χ2n) is 5.86. The highest BCUT2D eigenvalue weighted by Crippen LogP contribution is 2.27. The number of aryl methyl sites for hydroxylation is 2. The Labute approximate surface area is 116 Å². The van der Waals surface area contributed by atoms with Crippen LogP contribution in [-0.4, -0.2) is 6.54 Å². The number of hydrogen-bond donors (Lipinski definition) is 1. The van der Waals surface area contributed by atoms with E-state index in [9.17, 15) is 0 Å². The molecule has 102 valence electrons. The van der Waals surface area contributed by atoms with E-state index >= 15 is 0 Å². The Kier molecular flexibility index (Phi) is 5.25. The van der Waals surface area contributed by atoms with E-state index in [0.717, 1.165) is 5.92 Å². The van der Waals surface area contributed by atoms with Gasteiger partial charge in [-0.05, 0) is 57.7 Å². The highest BCUT2D eigenvalue weighted by molar-refractivity contribution is 7.12. The number of thiophene rings is 1. The first-order valence-corrected chi connectivity index (χ1v) is 8.29. The van der Waals surface area contributed by atoms with Gasteiger partial charge in [0.25, 0.3) is 0 Å². The molecule has 1 heterocycles. The van der Waals surface area contributed by atoms with E-state index in [0.29, 0.717) is 6.04 Å². The average molecular weight is 265 g/mol. The molecule has 1 aromatic heterocycles. The Morgan fingerprint density at radius 1 is 1.22 bits per heavy atom. The fourth-order valence-electron chi connectivity index (χ4n) is 3.10. The summed E-state index contributed by atoms with van der Waals surface area (Å²) in [5, 5.41) is 3.76. The molecule has 0 bridgehead atoms. The molecule has 0 radical (unpaired) electrons. The zero-order valence-electron chi connectivity index (χ0n) is 12.1. The van der Waals surface area contributed by atoms with Crippen molar-refractivity contribution in [1.29, 1.82) is 0 Å². The zero-order valence-corrected chi connectivity index (χ0v) is 12.9. The van der Waals surface area contributed by atoms with Crippen LogP contribution in [0.25, 0.3) is 0 Å². The van der Waals surface area contributed by atoms with Crippen molar-refractivity contribution in [3.63, 3.8) is 0 Å². The van der Waals surface area contributed by atoms with Crippen LogP contribution < -0.4 is 5.32 Å². The van der Waals surface area contributed by atoms with Crippen LogP contribution in [-0.2, 0) is 0 Å². The van der Waals surface area contributed by atoms with Crippen LogP contribution in [0.3, 0.4) is 0 Å². The third-order valence-corrected chi connectivity index (χ3v) is 5.22. The van der Waals surface area contributed by atoms with Crippen LogP contribution in [0.2, 0.25) is 0 Å². The SMILES string of the molecule is Cc1cc(C(C)NCC2CCCCCC2)c(C)s1. The van der Waals surface area contributed by atoms with Crippen molar-refractivity contribution in [2.45, 2.75) is 65.3 Å². The molecular formula is C16H27NS. The van der Waals surface area contributed by atoms with Gasteiger partial charge in [-0.15, -0.1) is 11.3 Å². The lowest BCUT2D eigenvalue weighted by atomic mass is 9.99. The van der Waals surface area contributed by atoms with Gasteiger partial charge in [-0.3, -0.25) is 0 Å². The van der Waals surface area contributed by atoms with Crippen molar-refractivity contribution in [2.75, 3.05) is 6.54 Å². The average Bonchev–Trinajstić information content (AvgIpc) is 2.57. The molecule has 0 saturated heterocycles. The molecule has 1 aliphatic rings. The summed E-state index contributed by atoms with van der Waals surface area (Å²) < 4.78 is 0. The van der Waals surface area contributed by atoms with E-state index in [1.807, 2.05) is 11.3 Å². The predicted molar refractivity (Wildman–Crippen MR) is 81.4 cm³/mol. The Bertz CT molecular complexity index is 361. The Hall–Kier alpha value is -0.340. The quantitative estimate of drug-likeness (QED) is 0.757. The summed E-state index contributed by atoms with van der Waals surface area (Å²) in [6, 6.07) is 2.86. The van der Waals surface area contributed by atoms with Crippen molar-refractivity contribution in [2.24, 2.45) is 5.92 Å². The van der Waals surface area contributed by atoms with Gasteiger partial charge < -0.3 is 5.32 Å². The maximum Gasteiger partial charge on any atom is 0.0302 e. The smallest absolute Gasteiger partial charge is 0.0302 e. The van der Waals surface area contributed by atoms with Gasteiger partial charge in [0.2, 0.25) is 0 Å². The van der Waals surface area contributed by atoms with Gasteiger partial charge in [-0.1, -0.05) is 25.7 Å². The van der Waals surface area contributed by atoms with Crippen LogP contribution in [0.1, 0.15) is 66.8 Å². The summed E-state index contributed by atoms with van der Waals surface area (Å²) in [6.45, 7) is 7.97. The lowest BCUT2D eigenvalue weighted by molar-refractivity contribution is 0.403. The molecule has 18 heavy (non-hydrogen) atoms. The van der Waals surface area contributed by atoms with Gasteiger partial charge in [0, 0.05) is 15.8 Å². The van der Waals surface area contributed by atoms with Crippen molar-refractivity contribution < 1.29 is 0 Å². The van der Waals surface area contributed by atoms with Crippen LogP contribution >= 0.6 is 11.3 Å². The monoisotopic (exact) mass is 265 g/mol. The van der Waals surface area contributed by atoms with Crippen molar-refractivity contribution in [1.82, 2.24) is 5.32 Å². The van der Waals surface area contributed by atoms with E-state index in [1.165, 1.54) is 60.4 Å². The molecular weight excluding hydrogens is 238 g/mol. The van der Waals surface area contributed by atoms with E-state index < -0.39 is 0 Å². The van der Waals surface area contributed by atoms with E-state index in [4.69, 9.17) is 0 Å². The number of nitrogens with one attached hydrogen (secondary N) is 1. The van der Waals surface area contributed by atoms with Gasteiger partial charge in [-0.25, -0.2) is 0 Å². The standard InChI is InChI=1S/C16H27NS/c1-12-10-16(14(3)18-12)13(2)17-11-15-8-6-4-5-7-9-15/h10,13,15,17H,4-9,11H2,1-3H3. The Morgan fingerprint density at radius 3 is 2.44 bits per heavy atom. The highest BCUT2D eigenvalue weighted by atomic mass is 32.1. The van der Waals surface area contributed by atoms with Crippen molar-refractivity contribution in [3.05, 3.63) is 21.4 Å². The minimum Gasteiger partial charge on any atom is -0.310 e. The summed E-state index contributed by atoms with van der Waals surface area (Å²) in [5.41, 5.74) is 1.51. The second-order valence-corrected chi connectivity index (χ2v) is 7.32. The van der Waals surface area contributed by atoms with Gasteiger partial charge in [0.15, 0.2) is 0 Å². The molecule has 1 nitrogen and oxygen atoms in total. The molecule has 1 aliphatic carbocycles.